The van der Waals surface area contributed by atoms with E-state index in [2.05, 4.69) is 15.3 Å². The van der Waals surface area contributed by atoms with Gasteiger partial charge in [0.1, 0.15) is 5.82 Å². The third kappa shape index (κ3) is 1.74. The molecule has 0 amide bonds. The van der Waals surface area contributed by atoms with Crippen LogP contribution in [-0.2, 0) is 12.8 Å². The summed E-state index contributed by atoms with van der Waals surface area (Å²) in [5.74, 6) is 0.793. The predicted molar refractivity (Wildman–Crippen MR) is 66.1 cm³/mol. The highest BCUT2D eigenvalue weighted by Gasteiger charge is 2.16. The van der Waals surface area contributed by atoms with E-state index in [4.69, 9.17) is 5.73 Å². The predicted octanol–water partition coefficient (Wildman–Crippen LogP) is 2.35. The van der Waals surface area contributed by atoms with Gasteiger partial charge in [-0.2, -0.15) is 0 Å². The van der Waals surface area contributed by atoms with Crippen molar-refractivity contribution < 1.29 is 0 Å². The van der Waals surface area contributed by atoms with Crippen LogP contribution in [0.4, 0.5) is 16.6 Å². The van der Waals surface area contributed by atoms with Gasteiger partial charge >= 0.3 is 0 Å². The summed E-state index contributed by atoms with van der Waals surface area (Å²) in [7, 11) is 0. The van der Waals surface area contributed by atoms with E-state index in [1.807, 2.05) is 12.1 Å². The summed E-state index contributed by atoms with van der Waals surface area (Å²) in [6, 6.07) is 3.69. The highest BCUT2D eigenvalue weighted by molar-refractivity contribution is 7.15. The maximum Gasteiger partial charge on any atom is 0.188 e. The van der Waals surface area contributed by atoms with Crippen LogP contribution in [0.25, 0.3) is 0 Å². The molecule has 2 heterocycles. The summed E-state index contributed by atoms with van der Waals surface area (Å²) in [6.45, 7) is 0. The van der Waals surface area contributed by atoms with Crippen molar-refractivity contribution in [2.45, 2.75) is 19.3 Å². The number of pyridine rings is 1. The van der Waals surface area contributed by atoms with Gasteiger partial charge in [-0.1, -0.05) is 0 Å². The van der Waals surface area contributed by atoms with E-state index in [0.29, 0.717) is 5.69 Å². The molecule has 0 aromatic carbocycles. The number of anilines is 3. The van der Waals surface area contributed by atoms with Crippen molar-refractivity contribution in [1.82, 2.24) is 9.97 Å². The van der Waals surface area contributed by atoms with Gasteiger partial charge in [0.2, 0.25) is 0 Å². The number of hydrogen-bond donors (Lipinski definition) is 2. The molecular formula is C11H12N4S. The molecule has 3 N–H and O–H groups in total. The Morgan fingerprint density at radius 2 is 2.25 bits per heavy atom. The van der Waals surface area contributed by atoms with Gasteiger partial charge in [0.15, 0.2) is 5.13 Å². The molecule has 2 aromatic heterocycles. The molecule has 1 aliphatic carbocycles. The first kappa shape index (κ1) is 9.59. The van der Waals surface area contributed by atoms with E-state index >= 15 is 0 Å². The molecule has 0 spiro atoms. The minimum absolute atomic E-state index is 0.673. The van der Waals surface area contributed by atoms with E-state index in [-0.39, 0.29) is 0 Å². The summed E-state index contributed by atoms with van der Waals surface area (Å²) in [6.07, 6.45) is 5.17. The van der Waals surface area contributed by atoms with Gasteiger partial charge in [-0.3, -0.25) is 0 Å². The zero-order valence-electron chi connectivity index (χ0n) is 8.73. The van der Waals surface area contributed by atoms with Crippen molar-refractivity contribution in [2.24, 2.45) is 0 Å². The van der Waals surface area contributed by atoms with Crippen LogP contribution in [0.15, 0.2) is 18.3 Å². The SMILES string of the molecule is Nc1ccc(Nc2nc3c(s2)CCC3)nc1. The number of thiazole rings is 1. The lowest BCUT2D eigenvalue weighted by molar-refractivity contribution is 0.900. The Kier molecular flexibility index (Phi) is 2.25. The molecule has 16 heavy (non-hydrogen) atoms. The fourth-order valence-electron chi connectivity index (χ4n) is 1.83. The number of nitrogen functional groups attached to an aromatic ring is 1. The highest BCUT2D eigenvalue weighted by atomic mass is 32.1. The summed E-state index contributed by atoms with van der Waals surface area (Å²) < 4.78 is 0. The van der Waals surface area contributed by atoms with Crippen molar-refractivity contribution in [3.05, 3.63) is 28.9 Å². The number of aromatic nitrogens is 2. The lowest BCUT2D eigenvalue weighted by Crippen LogP contribution is -1.94. The molecule has 0 saturated heterocycles. The molecule has 2 aromatic rings. The second kappa shape index (κ2) is 3.75. The van der Waals surface area contributed by atoms with E-state index in [9.17, 15) is 0 Å². The van der Waals surface area contributed by atoms with Gasteiger partial charge in [0.05, 0.1) is 17.6 Å². The van der Waals surface area contributed by atoms with Crippen LogP contribution in [0.1, 0.15) is 17.0 Å². The number of rotatable bonds is 2. The molecule has 0 bridgehead atoms. The number of aryl methyl sites for hydroxylation is 2. The number of hydrogen-bond acceptors (Lipinski definition) is 5. The monoisotopic (exact) mass is 232 g/mol. The number of nitrogens with two attached hydrogens (primary N) is 1. The molecule has 0 radical (unpaired) electrons. The molecule has 0 fully saturated rings. The van der Waals surface area contributed by atoms with E-state index in [1.54, 1.807) is 17.5 Å². The lowest BCUT2D eigenvalue weighted by Gasteiger charge is -2.01. The van der Waals surface area contributed by atoms with Gasteiger partial charge in [0.25, 0.3) is 0 Å². The van der Waals surface area contributed by atoms with Crippen LogP contribution in [0.5, 0.6) is 0 Å². The molecule has 82 valence electrons. The van der Waals surface area contributed by atoms with Crippen molar-refractivity contribution in [1.29, 1.82) is 0 Å². The summed E-state index contributed by atoms with van der Waals surface area (Å²) >= 11 is 1.73. The third-order valence-corrected chi connectivity index (χ3v) is 3.69. The molecule has 1 aliphatic rings. The van der Waals surface area contributed by atoms with Gasteiger partial charge < -0.3 is 11.1 Å². The van der Waals surface area contributed by atoms with Gasteiger partial charge in [-0.25, -0.2) is 9.97 Å². The lowest BCUT2D eigenvalue weighted by atomic mass is 10.4. The topological polar surface area (TPSA) is 63.8 Å². The number of nitrogens with zero attached hydrogens (tertiary/aromatic N) is 2. The summed E-state index contributed by atoms with van der Waals surface area (Å²) in [4.78, 5) is 10.1. The van der Waals surface area contributed by atoms with Crippen LogP contribution in [0, 0.1) is 0 Å². The molecule has 0 unspecified atom stereocenters. The Morgan fingerprint density at radius 1 is 1.31 bits per heavy atom. The first-order valence-corrected chi connectivity index (χ1v) is 6.10. The van der Waals surface area contributed by atoms with E-state index < -0.39 is 0 Å². The third-order valence-electron chi connectivity index (χ3n) is 2.62. The maximum atomic E-state index is 5.58. The Bertz CT molecular complexity index is 482. The number of nitrogens with one attached hydrogen (secondary N) is 1. The number of fused-ring (bicyclic) bond motifs is 1. The Hall–Kier alpha value is -1.62. The Balaban J connectivity index is 1.81. The average molecular weight is 232 g/mol. The second-order valence-corrected chi connectivity index (χ2v) is 4.93. The quantitative estimate of drug-likeness (QED) is 0.834. The molecule has 5 heteroatoms. The maximum absolute atomic E-state index is 5.58. The Morgan fingerprint density at radius 3 is 3.00 bits per heavy atom. The fourth-order valence-corrected chi connectivity index (χ4v) is 2.89. The first-order chi connectivity index (χ1) is 7.81. The van der Waals surface area contributed by atoms with Crippen molar-refractivity contribution in [3.8, 4) is 0 Å². The van der Waals surface area contributed by atoms with Crippen LogP contribution in [-0.4, -0.2) is 9.97 Å². The van der Waals surface area contributed by atoms with Crippen LogP contribution < -0.4 is 11.1 Å². The van der Waals surface area contributed by atoms with Gasteiger partial charge in [0, 0.05) is 4.88 Å². The molecule has 3 rings (SSSR count). The van der Waals surface area contributed by atoms with Crippen LogP contribution in [0.3, 0.4) is 0 Å². The second-order valence-electron chi connectivity index (χ2n) is 3.84. The average Bonchev–Trinajstić information content (AvgIpc) is 2.81. The van der Waals surface area contributed by atoms with Crippen molar-refractivity contribution in [2.75, 3.05) is 11.1 Å². The van der Waals surface area contributed by atoms with Gasteiger partial charge in [-0.05, 0) is 31.4 Å². The van der Waals surface area contributed by atoms with Crippen molar-refractivity contribution >= 4 is 28.0 Å². The van der Waals surface area contributed by atoms with Crippen LogP contribution in [0.2, 0.25) is 0 Å². The van der Waals surface area contributed by atoms with Gasteiger partial charge in [-0.15, -0.1) is 11.3 Å². The normalized spacial score (nSPS) is 13.8. The van der Waals surface area contributed by atoms with Crippen molar-refractivity contribution in [3.63, 3.8) is 0 Å². The largest absolute Gasteiger partial charge is 0.397 e. The molecule has 4 nitrogen and oxygen atoms in total. The van der Waals surface area contributed by atoms with E-state index in [0.717, 1.165) is 17.4 Å². The molecule has 0 atom stereocenters. The summed E-state index contributed by atoms with van der Waals surface area (Å²) in [5, 5.41) is 4.13. The zero-order chi connectivity index (χ0) is 11.0. The smallest absolute Gasteiger partial charge is 0.188 e. The van der Waals surface area contributed by atoms with E-state index in [1.165, 1.54) is 23.4 Å². The standard InChI is InChI=1S/C11H12N4S/c12-7-4-5-10(13-6-7)15-11-14-8-2-1-3-9(8)16-11/h4-6H,1-3,12H2,(H,13,14,15). The minimum Gasteiger partial charge on any atom is -0.397 e. The first-order valence-electron chi connectivity index (χ1n) is 5.28. The van der Waals surface area contributed by atoms with Crippen LogP contribution >= 0.6 is 11.3 Å². The molecule has 0 saturated carbocycles. The molecular weight excluding hydrogens is 220 g/mol. The zero-order valence-corrected chi connectivity index (χ0v) is 9.55. The Labute approximate surface area is 97.5 Å². The fraction of sp³-hybridized carbons (Fsp3) is 0.273. The summed E-state index contributed by atoms with van der Waals surface area (Å²) in [5.41, 5.74) is 7.50. The minimum atomic E-state index is 0.673. The molecule has 0 aliphatic heterocycles. The highest BCUT2D eigenvalue weighted by Crippen LogP contribution is 2.31.